The SMILES string of the molecule is O=C(Nc1ccc(Br)cc1C(=O)O)c1ccc(C(F)(F)F)cc1. The monoisotopic (exact) mass is 387 g/mol. The fourth-order valence-corrected chi connectivity index (χ4v) is 2.17. The van der Waals surface area contributed by atoms with Crippen LogP contribution in [0.5, 0.6) is 0 Å². The highest BCUT2D eigenvalue weighted by Crippen LogP contribution is 2.29. The van der Waals surface area contributed by atoms with Crippen LogP contribution >= 0.6 is 15.9 Å². The number of alkyl halides is 3. The molecular weight excluding hydrogens is 379 g/mol. The minimum atomic E-state index is -4.49. The molecule has 120 valence electrons. The number of nitrogens with one attached hydrogen (secondary N) is 1. The van der Waals surface area contributed by atoms with Gasteiger partial charge in [0.15, 0.2) is 0 Å². The lowest BCUT2D eigenvalue weighted by molar-refractivity contribution is -0.137. The van der Waals surface area contributed by atoms with Gasteiger partial charge in [-0.2, -0.15) is 13.2 Å². The van der Waals surface area contributed by atoms with Gasteiger partial charge < -0.3 is 10.4 Å². The first-order valence-corrected chi connectivity index (χ1v) is 6.99. The van der Waals surface area contributed by atoms with E-state index in [9.17, 15) is 22.8 Å². The molecule has 8 heteroatoms. The van der Waals surface area contributed by atoms with Gasteiger partial charge in [0.1, 0.15) is 0 Å². The molecule has 0 aliphatic carbocycles. The van der Waals surface area contributed by atoms with Gasteiger partial charge in [-0.05, 0) is 42.5 Å². The maximum Gasteiger partial charge on any atom is 0.416 e. The number of aromatic carboxylic acids is 1. The van der Waals surface area contributed by atoms with Crippen LogP contribution in [-0.2, 0) is 6.18 Å². The minimum absolute atomic E-state index is 0.0164. The summed E-state index contributed by atoms with van der Waals surface area (Å²) in [6.07, 6.45) is -4.49. The summed E-state index contributed by atoms with van der Waals surface area (Å²) in [7, 11) is 0. The van der Waals surface area contributed by atoms with Crippen molar-refractivity contribution in [2.45, 2.75) is 6.18 Å². The van der Waals surface area contributed by atoms with Crippen molar-refractivity contribution in [1.82, 2.24) is 0 Å². The second-order valence-corrected chi connectivity index (χ2v) is 5.44. The van der Waals surface area contributed by atoms with Crippen molar-refractivity contribution in [3.05, 3.63) is 63.6 Å². The molecule has 2 aromatic carbocycles. The summed E-state index contributed by atoms with van der Waals surface area (Å²) in [5.41, 5.74) is -0.980. The molecule has 0 atom stereocenters. The van der Waals surface area contributed by atoms with E-state index in [0.717, 1.165) is 24.3 Å². The third-order valence-corrected chi connectivity index (χ3v) is 3.43. The number of carbonyl (C=O) groups is 2. The number of carbonyl (C=O) groups excluding carboxylic acids is 1. The average Bonchev–Trinajstić information content (AvgIpc) is 2.48. The van der Waals surface area contributed by atoms with Crippen LogP contribution in [-0.4, -0.2) is 17.0 Å². The van der Waals surface area contributed by atoms with E-state index in [2.05, 4.69) is 21.2 Å². The molecule has 2 aromatic rings. The topological polar surface area (TPSA) is 66.4 Å². The molecule has 0 radical (unpaired) electrons. The summed E-state index contributed by atoms with van der Waals surface area (Å²) in [4.78, 5) is 23.2. The van der Waals surface area contributed by atoms with Gasteiger partial charge in [-0.3, -0.25) is 4.79 Å². The van der Waals surface area contributed by atoms with E-state index >= 15 is 0 Å². The van der Waals surface area contributed by atoms with Crippen LogP contribution in [0.3, 0.4) is 0 Å². The molecule has 0 saturated heterocycles. The molecule has 1 amide bonds. The molecule has 0 bridgehead atoms. The Labute approximate surface area is 137 Å². The lowest BCUT2D eigenvalue weighted by Crippen LogP contribution is -2.15. The van der Waals surface area contributed by atoms with E-state index in [4.69, 9.17) is 5.11 Å². The van der Waals surface area contributed by atoms with Crippen molar-refractivity contribution < 1.29 is 27.9 Å². The molecule has 23 heavy (non-hydrogen) atoms. The van der Waals surface area contributed by atoms with Crippen molar-refractivity contribution in [3.63, 3.8) is 0 Å². The number of amides is 1. The quantitative estimate of drug-likeness (QED) is 0.818. The summed E-state index contributed by atoms with van der Waals surface area (Å²) >= 11 is 3.12. The summed E-state index contributed by atoms with van der Waals surface area (Å²) < 4.78 is 37.9. The highest BCUT2D eigenvalue weighted by molar-refractivity contribution is 9.10. The fraction of sp³-hybridized carbons (Fsp3) is 0.0667. The molecule has 0 aliphatic heterocycles. The number of hydrogen-bond donors (Lipinski definition) is 2. The van der Waals surface area contributed by atoms with Crippen molar-refractivity contribution in [1.29, 1.82) is 0 Å². The number of halogens is 4. The minimum Gasteiger partial charge on any atom is -0.478 e. The predicted molar refractivity (Wildman–Crippen MR) is 80.5 cm³/mol. The Morgan fingerprint density at radius 1 is 1.04 bits per heavy atom. The van der Waals surface area contributed by atoms with E-state index in [0.29, 0.717) is 4.47 Å². The third kappa shape index (κ3) is 4.10. The first-order chi connectivity index (χ1) is 10.7. The molecule has 4 nitrogen and oxygen atoms in total. The molecule has 0 unspecified atom stereocenters. The molecule has 0 aromatic heterocycles. The first-order valence-electron chi connectivity index (χ1n) is 6.20. The third-order valence-electron chi connectivity index (χ3n) is 2.93. The van der Waals surface area contributed by atoms with Crippen LogP contribution in [0.2, 0.25) is 0 Å². The van der Waals surface area contributed by atoms with Crippen molar-refractivity contribution in [3.8, 4) is 0 Å². The van der Waals surface area contributed by atoms with E-state index in [1.165, 1.54) is 18.2 Å². The van der Waals surface area contributed by atoms with E-state index in [1.807, 2.05) is 0 Å². The zero-order valence-electron chi connectivity index (χ0n) is 11.3. The Balaban J connectivity index is 2.24. The predicted octanol–water partition coefficient (Wildman–Crippen LogP) is 4.42. The molecule has 2 rings (SSSR count). The number of benzene rings is 2. The van der Waals surface area contributed by atoms with Crippen LogP contribution in [0, 0.1) is 0 Å². The van der Waals surface area contributed by atoms with Crippen LogP contribution < -0.4 is 5.32 Å². The Morgan fingerprint density at radius 2 is 1.65 bits per heavy atom. The van der Waals surface area contributed by atoms with E-state index in [-0.39, 0.29) is 16.8 Å². The molecule has 0 heterocycles. The van der Waals surface area contributed by atoms with Crippen LogP contribution in [0.25, 0.3) is 0 Å². The van der Waals surface area contributed by atoms with Gasteiger partial charge >= 0.3 is 12.1 Å². The van der Waals surface area contributed by atoms with Crippen molar-refractivity contribution in [2.75, 3.05) is 5.32 Å². The van der Waals surface area contributed by atoms with Gasteiger partial charge in [-0.25, -0.2) is 4.79 Å². The summed E-state index contributed by atoms with van der Waals surface area (Å²) in [6.45, 7) is 0. The molecule has 0 fully saturated rings. The number of hydrogen-bond acceptors (Lipinski definition) is 2. The number of anilines is 1. The lowest BCUT2D eigenvalue weighted by atomic mass is 10.1. The fourth-order valence-electron chi connectivity index (χ4n) is 1.81. The standard InChI is InChI=1S/C15H9BrF3NO3/c16-10-5-6-12(11(7-10)14(22)23)20-13(21)8-1-3-9(4-2-8)15(17,18)19/h1-7H,(H,20,21)(H,22,23). The maximum atomic E-state index is 12.5. The Kier molecular flexibility index (Phi) is 4.74. The second kappa shape index (κ2) is 6.41. The first kappa shape index (κ1) is 17.0. The normalized spacial score (nSPS) is 11.1. The lowest BCUT2D eigenvalue weighted by Gasteiger charge is -2.10. The van der Waals surface area contributed by atoms with Gasteiger partial charge in [0.2, 0.25) is 0 Å². The summed E-state index contributed by atoms with van der Waals surface area (Å²) in [6, 6.07) is 7.85. The average molecular weight is 388 g/mol. The highest BCUT2D eigenvalue weighted by Gasteiger charge is 2.30. The highest BCUT2D eigenvalue weighted by atomic mass is 79.9. The molecule has 0 spiro atoms. The van der Waals surface area contributed by atoms with Gasteiger partial charge in [-0.15, -0.1) is 0 Å². The maximum absolute atomic E-state index is 12.5. The second-order valence-electron chi connectivity index (χ2n) is 4.52. The molecule has 2 N–H and O–H groups in total. The summed E-state index contributed by atoms with van der Waals surface area (Å²) in [5.74, 6) is -1.95. The van der Waals surface area contributed by atoms with E-state index < -0.39 is 23.6 Å². The smallest absolute Gasteiger partial charge is 0.416 e. The van der Waals surface area contributed by atoms with Crippen molar-refractivity contribution >= 4 is 33.5 Å². The number of rotatable bonds is 3. The number of carboxylic acids is 1. The van der Waals surface area contributed by atoms with Gasteiger partial charge in [-0.1, -0.05) is 15.9 Å². The van der Waals surface area contributed by atoms with Crippen LogP contribution in [0.4, 0.5) is 18.9 Å². The Hall–Kier alpha value is -2.35. The molecular formula is C15H9BrF3NO3. The Bertz CT molecular complexity index is 758. The number of carboxylic acid groups (broad SMARTS) is 1. The largest absolute Gasteiger partial charge is 0.478 e. The zero-order chi connectivity index (χ0) is 17.2. The van der Waals surface area contributed by atoms with Crippen molar-refractivity contribution in [2.24, 2.45) is 0 Å². The zero-order valence-corrected chi connectivity index (χ0v) is 12.9. The van der Waals surface area contributed by atoms with Gasteiger partial charge in [0.05, 0.1) is 16.8 Å². The van der Waals surface area contributed by atoms with Crippen LogP contribution in [0.1, 0.15) is 26.3 Å². The van der Waals surface area contributed by atoms with Crippen LogP contribution in [0.15, 0.2) is 46.9 Å². The van der Waals surface area contributed by atoms with Gasteiger partial charge in [0.25, 0.3) is 5.91 Å². The van der Waals surface area contributed by atoms with E-state index in [1.54, 1.807) is 0 Å². The Morgan fingerprint density at radius 3 is 2.17 bits per heavy atom. The van der Waals surface area contributed by atoms with Gasteiger partial charge in [0, 0.05) is 10.0 Å². The summed E-state index contributed by atoms with van der Waals surface area (Å²) in [5, 5.41) is 11.5. The molecule has 0 aliphatic rings. The molecule has 0 saturated carbocycles.